The third kappa shape index (κ3) is 7.26. The zero-order chi connectivity index (χ0) is 20.6. The van der Waals surface area contributed by atoms with Crippen molar-refractivity contribution in [1.82, 2.24) is 20.1 Å². The summed E-state index contributed by atoms with van der Waals surface area (Å²) < 4.78 is 0. The Balaban J connectivity index is 0.00000320. The van der Waals surface area contributed by atoms with Crippen molar-refractivity contribution in [3.63, 3.8) is 0 Å². The maximum Gasteiger partial charge on any atom is 0.217 e. The number of primary amides is 1. The zero-order valence-electron chi connectivity index (χ0n) is 18.2. The predicted molar refractivity (Wildman–Crippen MR) is 132 cm³/mol. The lowest BCUT2D eigenvalue weighted by Crippen LogP contribution is -2.47. The van der Waals surface area contributed by atoms with Crippen LogP contribution >= 0.6 is 24.0 Å². The molecule has 3 heterocycles. The molecule has 168 valence electrons. The molecule has 0 radical (unpaired) electrons. The summed E-state index contributed by atoms with van der Waals surface area (Å²) in [5.41, 5.74) is 6.50. The van der Waals surface area contributed by atoms with Crippen molar-refractivity contribution in [3.05, 3.63) is 23.9 Å². The van der Waals surface area contributed by atoms with E-state index in [2.05, 4.69) is 51.1 Å². The zero-order valence-corrected chi connectivity index (χ0v) is 20.5. The molecular formula is C21H36IN7O. The van der Waals surface area contributed by atoms with E-state index in [-0.39, 0.29) is 29.9 Å². The molecule has 0 spiro atoms. The molecule has 0 saturated carbocycles. The molecule has 1 atom stereocenters. The Morgan fingerprint density at radius 2 is 2.03 bits per heavy atom. The molecule has 0 aromatic carbocycles. The molecule has 0 bridgehead atoms. The average molecular weight is 529 g/mol. The van der Waals surface area contributed by atoms with Crippen molar-refractivity contribution in [2.45, 2.75) is 32.7 Å². The number of hydrogen-bond acceptors (Lipinski definition) is 5. The second-order valence-electron chi connectivity index (χ2n) is 8.11. The minimum absolute atomic E-state index is 0. The fourth-order valence-corrected chi connectivity index (χ4v) is 4.03. The molecule has 8 nitrogen and oxygen atoms in total. The molecule has 2 aliphatic rings. The third-order valence-corrected chi connectivity index (χ3v) is 5.69. The molecule has 9 heteroatoms. The Kier molecular flexibility index (Phi) is 10.1. The van der Waals surface area contributed by atoms with E-state index in [1.54, 1.807) is 0 Å². The largest absolute Gasteiger partial charge is 0.370 e. The van der Waals surface area contributed by atoms with E-state index in [0.717, 1.165) is 76.0 Å². The number of rotatable bonds is 6. The van der Waals surface area contributed by atoms with E-state index >= 15 is 0 Å². The van der Waals surface area contributed by atoms with Gasteiger partial charge in [-0.25, -0.2) is 9.98 Å². The summed E-state index contributed by atoms with van der Waals surface area (Å²) in [4.78, 5) is 27.7. The van der Waals surface area contributed by atoms with Crippen LogP contribution in [-0.4, -0.2) is 79.5 Å². The van der Waals surface area contributed by atoms with Crippen LogP contribution in [0.1, 0.15) is 31.7 Å². The molecule has 2 saturated heterocycles. The number of hydrogen-bond donors (Lipinski definition) is 2. The summed E-state index contributed by atoms with van der Waals surface area (Å²) in [5, 5.41) is 3.39. The summed E-state index contributed by atoms with van der Waals surface area (Å²) in [5.74, 6) is 2.05. The van der Waals surface area contributed by atoms with Crippen LogP contribution in [0.4, 0.5) is 5.82 Å². The lowest BCUT2D eigenvalue weighted by molar-refractivity contribution is -0.119. The summed E-state index contributed by atoms with van der Waals surface area (Å²) in [6.07, 6.45) is 4.50. The maximum absolute atomic E-state index is 11.3. The van der Waals surface area contributed by atoms with Crippen molar-refractivity contribution >= 4 is 41.7 Å². The minimum atomic E-state index is -0.217. The molecule has 1 aromatic rings. The normalized spacial score (nSPS) is 20.6. The van der Waals surface area contributed by atoms with E-state index in [1.165, 1.54) is 0 Å². The van der Waals surface area contributed by atoms with Gasteiger partial charge in [-0.05, 0) is 44.4 Å². The molecule has 2 aliphatic heterocycles. The minimum Gasteiger partial charge on any atom is -0.370 e. The highest BCUT2D eigenvalue weighted by molar-refractivity contribution is 14.0. The number of amides is 1. The highest BCUT2D eigenvalue weighted by Crippen LogP contribution is 2.20. The monoisotopic (exact) mass is 529 g/mol. The van der Waals surface area contributed by atoms with Crippen molar-refractivity contribution in [1.29, 1.82) is 0 Å². The van der Waals surface area contributed by atoms with Gasteiger partial charge in [0.05, 0.1) is 6.54 Å². The standard InChI is InChI=1S/C21H35N7O.HI/c1-3-23-21(28-8-4-5-17(16-28)13-19(22)29)25-15-18-6-7-20(24-14-18)27-11-9-26(2)10-12-27;/h6-7,14,17H,3-5,8-13,15-16H2,1-2H3,(H2,22,29)(H,23,25);1H. The number of carbonyl (C=O) groups is 1. The number of nitrogens with two attached hydrogens (primary N) is 1. The molecule has 1 aromatic heterocycles. The van der Waals surface area contributed by atoms with Gasteiger partial charge in [0.1, 0.15) is 5.82 Å². The molecular weight excluding hydrogens is 493 g/mol. The number of aliphatic imine (C=N–C) groups is 1. The van der Waals surface area contributed by atoms with E-state index in [1.807, 2.05) is 6.20 Å². The van der Waals surface area contributed by atoms with Crippen LogP contribution in [0.3, 0.4) is 0 Å². The average Bonchev–Trinajstić information content (AvgIpc) is 2.72. The first-order valence-corrected chi connectivity index (χ1v) is 10.7. The number of pyridine rings is 1. The van der Waals surface area contributed by atoms with Crippen LogP contribution in [0.25, 0.3) is 0 Å². The molecule has 0 aliphatic carbocycles. The Morgan fingerprint density at radius 1 is 1.27 bits per heavy atom. The van der Waals surface area contributed by atoms with Crippen LogP contribution in [0, 0.1) is 5.92 Å². The molecule has 2 fully saturated rings. The van der Waals surface area contributed by atoms with Crippen molar-refractivity contribution in [3.8, 4) is 0 Å². The Hall–Kier alpha value is -1.62. The van der Waals surface area contributed by atoms with Crippen LogP contribution in [0.5, 0.6) is 0 Å². The fourth-order valence-electron chi connectivity index (χ4n) is 4.03. The summed E-state index contributed by atoms with van der Waals surface area (Å²) >= 11 is 0. The van der Waals surface area contributed by atoms with Gasteiger partial charge < -0.3 is 25.8 Å². The van der Waals surface area contributed by atoms with Crippen LogP contribution in [-0.2, 0) is 11.3 Å². The second kappa shape index (κ2) is 12.3. The first-order chi connectivity index (χ1) is 14.0. The van der Waals surface area contributed by atoms with Crippen LogP contribution < -0.4 is 16.0 Å². The van der Waals surface area contributed by atoms with Gasteiger partial charge in [0.2, 0.25) is 5.91 Å². The second-order valence-corrected chi connectivity index (χ2v) is 8.11. The van der Waals surface area contributed by atoms with Gasteiger partial charge in [0.15, 0.2) is 5.96 Å². The quantitative estimate of drug-likeness (QED) is 0.330. The van der Waals surface area contributed by atoms with E-state index in [4.69, 9.17) is 10.7 Å². The van der Waals surface area contributed by atoms with Gasteiger partial charge in [-0.3, -0.25) is 4.79 Å². The number of halogens is 1. The molecule has 3 N–H and O–H groups in total. The number of piperidine rings is 1. The van der Waals surface area contributed by atoms with Gasteiger partial charge in [-0.2, -0.15) is 0 Å². The lowest BCUT2D eigenvalue weighted by Gasteiger charge is -2.34. The molecule has 1 amide bonds. The number of guanidine groups is 1. The van der Waals surface area contributed by atoms with Crippen molar-refractivity contribution < 1.29 is 4.79 Å². The lowest BCUT2D eigenvalue weighted by atomic mass is 9.95. The highest BCUT2D eigenvalue weighted by atomic mass is 127. The highest BCUT2D eigenvalue weighted by Gasteiger charge is 2.23. The number of carbonyl (C=O) groups excluding carboxylic acids is 1. The fraction of sp³-hybridized carbons (Fsp3) is 0.667. The van der Waals surface area contributed by atoms with Gasteiger partial charge in [0.25, 0.3) is 0 Å². The summed E-state index contributed by atoms with van der Waals surface area (Å²) in [7, 11) is 2.16. The Labute approximate surface area is 197 Å². The van der Waals surface area contributed by atoms with Gasteiger partial charge >= 0.3 is 0 Å². The van der Waals surface area contributed by atoms with Gasteiger partial charge in [0, 0.05) is 58.4 Å². The number of likely N-dealkylation sites (tertiary alicyclic amines) is 1. The molecule has 30 heavy (non-hydrogen) atoms. The maximum atomic E-state index is 11.3. The van der Waals surface area contributed by atoms with Crippen LogP contribution in [0.2, 0.25) is 0 Å². The van der Waals surface area contributed by atoms with Crippen LogP contribution in [0.15, 0.2) is 23.3 Å². The summed E-state index contributed by atoms with van der Waals surface area (Å²) in [6.45, 7) is 9.47. The SMILES string of the molecule is CCNC(=NCc1ccc(N2CCN(C)CC2)nc1)N1CCCC(CC(N)=O)C1.I. The van der Waals surface area contributed by atoms with Gasteiger partial charge in [-0.1, -0.05) is 6.07 Å². The smallest absolute Gasteiger partial charge is 0.217 e. The van der Waals surface area contributed by atoms with Crippen molar-refractivity contribution in [2.24, 2.45) is 16.6 Å². The third-order valence-electron chi connectivity index (χ3n) is 5.69. The predicted octanol–water partition coefficient (Wildman–Crippen LogP) is 1.50. The number of anilines is 1. The number of likely N-dealkylation sites (N-methyl/N-ethyl adjacent to an activating group) is 1. The van der Waals surface area contributed by atoms with Gasteiger partial charge in [-0.15, -0.1) is 24.0 Å². The number of aromatic nitrogens is 1. The Bertz CT molecular complexity index is 689. The van der Waals surface area contributed by atoms with E-state index in [0.29, 0.717) is 18.9 Å². The number of nitrogens with one attached hydrogen (secondary N) is 1. The number of piperazine rings is 1. The Morgan fingerprint density at radius 3 is 2.67 bits per heavy atom. The molecule has 1 unspecified atom stereocenters. The van der Waals surface area contributed by atoms with Crippen molar-refractivity contribution in [2.75, 3.05) is 57.8 Å². The first kappa shape index (κ1) is 24.6. The van der Waals surface area contributed by atoms with E-state index < -0.39 is 0 Å². The van der Waals surface area contributed by atoms with E-state index in [9.17, 15) is 4.79 Å². The number of nitrogens with zero attached hydrogens (tertiary/aromatic N) is 5. The first-order valence-electron chi connectivity index (χ1n) is 10.7. The topological polar surface area (TPSA) is 90.1 Å². The summed E-state index contributed by atoms with van der Waals surface area (Å²) in [6, 6.07) is 4.23. The molecule has 3 rings (SSSR count).